The Morgan fingerprint density at radius 3 is 2.50 bits per heavy atom. The minimum absolute atomic E-state index is 0.124. The summed E-state index contributed by atoms with van der Waals surface area (Å²) in [4.78, 5) is 11.1. The van der Waals surface area contributed by atoms with Crippen molar-refractivity contribution < 1.29 is 13.2 Å². The van der Waals surface area contributed by atoms with Gasteiger partial charge in [0.05, 0.1) is 17.1 Å². The number of benzene rings is 3. The Hall–Kier alpha value is -4.11. The monoisotopic (exact) mass is 613 g/mol. The highest BCUT2D eigenvalue weighted by Crippen LogP contribution is 2.51. The Morgan fingerprint density at radius 2 is 1.82 bits per heavy atom. The molecule has 6 rings (SSSR count). The van der Waals surface area contributed by atoms with Gasteiger partial charge in [0.15, 0.2) is 22.5 Å². The van der Waals surface area contributed by atoms with Crippen LogP contribution in [0.3, 0.4) is 0 Å². The molecule has 0 N–H and O–H groups in total. The first-order valence-corrected chi connectivity index (χ1v) is 15.5. The molecular weight excluding hydrogens is 579 g/mol. The van der Waals surface area contributed by atoms with E-state index in [1.165, 1.54) is 18.7 Å². The summed E-state index contributed by atoms with van der Waals surface area (Å²) in [5.41, 5.74) is 2.97. The molecule has 0 saturated carbocycles. The molecule has 3 heterocycles. The third-order valence-corrected chi connectivity index (χ3v) is 9.04. The van der Waals surface area contributed by atoms with Crippen LogP contribution in [0.5, 0.6) is 0 Å². The van der Waals surface area contributed by atoms with Crippen molar-refractivity contribution in [2.24, 2.45) is 4.99 Å². The third-order valence-electron chi connectivity index (χ3n) is 8.09. The molecule has 2 atom stereocenters. The number of amidine groups is 1. The molecule has 1 fully saturated rings. The number of halogens is 3. The number of nitrogens with zero attached hydrogens (tertiary/aromatic N) is 5. The molecule has 0 bridgehead atoms. The summed E-state index contributed by atoms with van der Waals surface area (Å²) < 4.78 is 46.5. The van der Waals surface area contributed by atoms with E-state index in [1.54, 1.807) is 41.9 Å². The van der Waals surface area contributed by atoms with E-state index in [4.69, 9.17) is 4.99 Å². The smallest absolute Gasteiger partial charge is 0.188 e. The van der Waals surface area contributed by atoms with Gasteiger partial charge in [0.1, 0.15) is 12.0 Å². The minimum Gasteiger partial charge on any atom is -0.289 e. The highest BCUT2D eigenvalue weighted by Gasteiger charge is 2.46. The molecule has 2 aliphatic rings. The Balaban J connectivity index is 1.19. The lowest BCUT2D eigenvalue weighted by Gasteiger charge is -2.34. The number of rotatable bonds is 7. The van der Waals surface area contributed by atoms with Crippen molar-refractivity contribution in [2.45, 2.75) is 58.3 Å². The first kappa shape index (κ1) is 29.9. The van der Waals surface area contributed by atoms with Gasteiger partial charge in [-0.15, -0.1) is 5.10 Å². The summed E-state index contributed by atoms with van der Waals surface area (Å²) in [5.74, 6) is -0.0100. The number of aryl methyl sites for hydroxylation is 1. The number of aromatic nitrogens is 3. The van der Waals surface area contributed by atoms with Gasteiger partial charge in [-0.2, -0.15) is 0 Å². The fourth-order valence-electron chi connectivity index (χ4n) is 5.59. The number of fused-ring (bicyclic) bond motifs is 3. The molecule has 5 nitrogen and oxygen atoms in total. The molecule has 4 aromatic rings. The SMILES string of the molecule is C=C(N=C1SCC2=C(F)C(C)(F)c3ccc(C)cc3N12)C(C)c1ccc(-c2ncn(-c3ccc(CC(C)(C)F)cc3)n2)cc1. The molecule has 3 aromatic carbocycles. The molecule has 9 heteroatoms. The van der Waals surface area contributed by atoms with E-state index in [1.807, 2.05) is 68.4 Å². The third kappa shape index (κ3) is 5.61. The van der Waals surface area contributed by atoms with Crippen molar-refractivity contribution in [1.29, 1.82) is 0 Å². The van der Waals surface area contributed by atoms with Crippen LogP contribution in [0, 0.1) is 6.92 Å². The standard InChI is InChI=1S/C35H34F3N5S/c1-21-7-16-28-29(17-21)43-30(31(36)35(28,6)38)19-44-33(43)40-23(3)22(2)25-10-12-26(13-11-25)32-39-20-42(41-32)27-14-8-24(9-15-27)18-34(4,5)37/h7-17,20,22H,3,18-19H2,1-2,4-6H3. The lowest BCUT2D eigenvalue weighted by molar-refractivity contribution is 0.195. The van der Waals surface area contributed by atoms with Gasteiger partial charge in [-0.25, -0.2) is 27.8 Å². The van der Waals surface area contributed by atoms with Crippen LogP contribution in [0.15, 0.2) is 102 Å². The van der Waals surface area contributed by atoms with E-state index < -0.39 is 17.2 Å². The first-order valence-electron chi connectivity index (χ1n) is 14.5. The zero-order valence-corrected chi connectivity index (χ0v) is 26.2. The highest BCUT2D eigenvalue weighted by molar-refractivity contribution is 8.14. The van der Waals surface area contributed by atoms with Crippen molar-refractivity contribution in [1.82, 2.24) is 14.8 Å². The van der Waals surface area contributed by atoms with E-state index >= 15 is 8.78 Å². The maximum absolute atomic E-state index is 15.5. The van der Waals surface area contributed by atoms with Gasteiger partial charge in [0.25, 0.3) is 0 Å². The predicted octanol–water partition coefficient (Wildman–Crippen LogP) is 9.14. The second-order valence-electron chi connectivity index (χ2n) is 12.2. The predicted molar refractivity (Wildman–Crippen MR) is 173 cm³/mol. The number of allylic oxidation sites excluding steroid dienone is 2. The average molecular weight is 614 g/mol. The van der Waals surface area contributed by atoms with Crippen molar-refractivity contribution in [3.05, 3.63) is 119 Å². The van der Waals surface area contributed by atoms with Gasteiger partial charge in [-0.05, 0) is 62.6 Å². The number of aliphatic imine (C=N–C) groups is 1. The Bertz CT molecular complexity index is 1800. The molecule has 0 spiro atoms. The van der Waals surface area contributed by atoms with Crippen LogP contribution < -0.4 is 4.90 Å². The zero-order valence-electron chi connectivity index (χ0n) is 25.4. The number of anilines is 1. The number of alkyl halides is 2. The second-order valence-corrected chi connectivity index (χ2v) is 13.2. The maximum atomic E-state index is 15.5. The van der Waals surface area contributed by atoms with E-state index in [-0.39, 0.29) is 5.92 Å². The van der Waals surface area contributed by atoms with Gasteiger partial charge < -0.3 is 0 Å². The van der Waals surface area contributed by atoms with E-state index in [9.17, 15) is 4.39 Å². The molecule has 226 valence electrons. The van der Waals surface area contributed by atoms with Crippen molar-refractivity contribution in [3.63, 3.8) is 0 Å². The number of thioether (sulfide) groups is 1. The zero-order chi connectivity index (χ0) is 31.4. The molecule has 2 aliphatic heterocycles. The molecular formula is C35H34F3N5S. The highest BCUT2D eigenvalue weighted by atomic mass is 32.2. The van der Waals surface area contributed by atoms with Gasteiger partial charge >= 0.3 is 0 Å². The van der Waals surface area contributed by atoms with Crippen LogP contribution in [0.1, 0.15) is 55.9 Å². The van der Waals surface area contributed by atoms with Gasteiger partial charge in [0.2, 0.25) is 0 Å². The topological polar surface area (TPSA) is 46.3 Å². The summed E-state index contributed by atoms with van der Waals surface area (Å²) >= 11 is 1.38. The van der Waals surface area contributed by atoms with Gasteiger partial charge in [0, 0.05) is 34.9 Å². The van der Waals surface area contributed by atoms with Gasteiger partial charge in [-0.1, -0.05) is 73.8 Å². The van der Waals surface area contributed by atoms with Crippen LogP contribution in [-0.4, -0.2) is 31.4 Å². The van der Waals surface area contributed by atoms with Crippen LogP contribution in [-0.2, 0) is 12.1 Å². The Labute approximate surface area is 260 Å². The summed E-state index contributed by atoms with van der Waals surface area (Å²) in [7, 11) is 0. The van der Waals surface area contributed by atoms with E-state index in [0.717, 1.165) is 27.9 Å². The first-order chi connectivity index (χ1) is 20.8. The second kappa shape index (κ2) is 11.1. The lowest BCUT2D eigenvalue weighted by Crippen LogP contribution is -2.34. The molecule has 2 unspecified atom stereocenters. The lowest BCUT2D eigenvalue weighted by atomic mass is 9.89. The molecule has 0 aliphatic carbocycles. The summed E-state index contributed by atoms with van der Waals surface area (Å²) in [6, 6.07) is 20.9. The summed E-state index contributed by atoms with van der Waals surface area (Å²) in [6.07, 6.45) is 2.01. The quantitative estimate of drug-likeness (QED) is 0.209. The minimum atomic E-state index is -2.18. The van der Waals surface area contributed by atoms with Crippen LogP contribution in [0.4, 0.5) is 18.9 Å². The fourth-order valence-corrected chi connectivity index (χ4v) is 6.63. The maximum Gasteiger partial charge on any atom is 0.188 e. The fraction of sp³-hybridized carbons (Fsp3) is 0.286. The van der Waals surface area contributed by atoms with Crippen molar-refractivity contribution in [3.8, 4) is 17.1 Å². The van der Waals surface area contributed by atoms with Crippen LogP contribution in [0.25, 0.3) is 17.1 Å². The average Bonchev–Trinajstić information content (AvgIpc) is 3.63. The molecule has 1 aromatic heterocycles. The Kier molecular flexibility index (Phi) is 7.56. The largest absolute Gasteiger partial charge is 0.289 e. The van der Waals surface area contributed by atoms with E-state index in [2.05, 4.69) is 16.7 Å². The van der Waals surface area contributed by atoms with Crippen molar-refractivity contribution >= 4 is 22.6 Å². The molecule has 0 amide bonds. The van der Waals surface area contributed by atoms with Crippen molar-refractivity contribution in [2.75, 3.05) is 10.7 Å². The molecule has 44 heavy (non-hydrogen) atoms. The number of hydrogen-bond acceptors (Lipinski definition) is 4. The summed E-state index contributed by atoms with van der Waals surface area (Å²) in [5, 5.41) is 5.22. The Morgan fingerprint density at radius 1 is 1.11 bits per heavy atom. The van der Waals surface area contributed by atoms with Crippen LogP contribution >= 0.6 is 11.8 Å². The summed E-state index contributed by atoms with van der Waals surface area (Å²) in [6.45, 7) is 12.6. The van der Waals surface area contributed by atoms with E-state index in [0.29, 0.717) is 45.8 Å². The van der Waals surface area contributed by atoms with Crippen LogP contribution in [0.2, 0.25) is 0 Å². The molecule has 1 saturated heterocycles. The molecule has 0 radical (unpaired) electrons. The number of hydrogen-bond donors (Lipinski definition) is 0. The normalized spacial score (nSPS) is 19.7. The van der Waals surface area contributed by atoms with Gasteiger partial charge in [-0.3, -0.25) is 4.90 Å².